The Hall–Kier alpha value is -1.74. The van der Waals surface area contributed by atoms with Crippen LogP contribution in [0.5, 0.6) is 5.75 Å². The molecular weight excluding hydrogens is 359 g/mol. The zero-order valence-corrected chi connectivity index (χ0v) is 14.4. The Morgan fingerprint density at radius 2 is 2.12 bits per heavy atom. The zero-order valence-electron chi connectivity index (χ0n) is 13.5. The number of furan rings is 1. The van der Waals surface area contributed by atoms with Crippen LogP contribution in [0.2, 0.25) is 0 Å². The zero-order chi connectivity index (χ0) is 18.2. The first-order valence-corrected chi connectivity index (χ1v) is 9.34. The topological polar surface area (TPSA) is 59.8 Å². The third-order valence-corrected chi connectivity index (χ3v) is 5.34. The summed E-state index contributed by atoms with van der Waals surface area (Å²) < 4.78 is 69.7. The van der Waals surface area contributed by atoms with Gasteiger partial charge in [-0.05, 0) is 38.4 Å². The monoisotopic (exact) mass is 377 g/mol. The maximum Gasteiger partial charge on any atom is 0.534 e. The standard InChI is InChI=1S/C16H18F3NO4S/c1-11-4-3-8-20(11)9-7-13-10-12-5-2-6-14(15(12)23-13)24-25(21,22)16(17,18)19/h2,5-6,10-11H,3-4,7-9H2,1H3. The van der Waals surface area contributed by atoms with Crippen LogP contribution in [-0.4, -0.2) is 38.0 Å². The van der Waals surface area contributed by atoms with E-state index in [-0.39, 0.29) is 5.58 Å². The molecule has 9 heteroatoms. The van der Waals surface area contributed by atoms with Crippen LogP contribution in [0.25, 0.3) is 11.0 Å². The Bertz CT molecular complexity index is 860. The minimum Gasteiger partial charge on any atom is -0.457 e. The van der Waals surface area contributed by atoms with Crippen LogP contribution >= 0.6 is 0 Å². The molecule has 1 aromatic heterocycles. The Balaban J connectivity index is 1.81. The van der Waals surface area contributed by atoms with Gasteiger partial charge in [0.15, 0.2) is 11.3 Å². The highest BCUT2D eigenvalue weighted by molar-refractivity contribution is 7.88. The second-order valence-corrected chi connectivity index (χ2v) is 7.69. The summed E-state index contributed by atoms with van der Waals surface area (Å²) in [4.78, 5) is 2.32. The molecule has 1 aliphatic heterocycles. The van der Waals surface area contributed by atoms with Crippen molar-refractivity contribution in [3.63, 3.8) is 0 Å². The number of alkyl halides is 3. The van der Waals surface area contributed by atoms with E-state index in [1.807, 2.05) is 0 Å². The highest BCUT2D eigenvalue weighted by atomic mass is 32.2. The average molecular weight is 377 g/mol. The number of halogens is 3. The predicted molar refractivity (Wildman–Crippen MR) is 85.8 cm³/mol. The van der Waals surface area contributed by atoms with Crippen LogP contribution in [0.4, 0.5) is 13.2 Å². The molecule has 1 saturated heterocycles. The lowest BCUT2D eigenvalue weighted by molar-refractivity contribution is -0.0499. The van der Waals surface area contributed by atoms with Gasteiger partial charge in [-0.3, -0.25) is 0 Å². The van der Waals surface area contributed by atoms with Crippen molar-refractivity contribution in [1.82, 2.24) is 4.90 Å². The first kappa shape index (κ1) is 18.1. The Labute approximate surface area is 143 Å². The quantitative estimate of drug-likeness (QED) is 0.588. The van der Waals surface area contributed by atoms with Crippen molar-refractivity contribution in [3.05, 3.63) is 30.0 Å². The van der Waals surface area contributed by atoms with Crippen LogP contribution in [0.3, 0.4) is 0 Å². The minimum absolute atomic E-state index is 0.000189. The van der Waals surface area contributed by atoms with Gasteiger partial charge < -0.3 is 13.5 Å². The van der Waals surface area contributed by atoms with Gasteiger partial charge in [-0.1, -0.05) is 12.1 Å². The number of rotatable bonds is 5. The van der Waals surface area contributed by atoms with Crippen LogP contribution < -0.4 is 4.18 Å². The summed E-state index contributed by atoms with van der Waals surface area (Å²) >= 11 is 0. The molecule has 1 aromatic carbocycles. The summed E-state index contributed by atoms with van der Waals surface area (Å²) in [6.45, 7) is 3.94. The van der Waals surface area contributed by atoms with Gasteiger partial charge in [0.2, 0.25) is 0 Å². The molecule has 0 radical (unpaired) electrons. The molecule has 3 rings (SSSR count). The highest BCUT2D eigenvalue weighted by Crippen LogP contribution is 2.33. The van der Waals surface area contributed by atoms with Crippen molar-refractivity contribution >= 4 is 21.1 Å². The first-order valence-electron chi connectivity index (χ1n) is 7.93. The van der Waals surface area contributed by atoms with Crippen LogP contribution in [0.15, 0.2) is 28.7 Å². The Morgan fingerprint density at radius 3 is 2.76 bits per heavy atom. The molecule has 2 aromatic rings. The van der Waals surface area contributed by atoms with Crippen molar-refractivity contribution in [1.29, 1.82) is 0 Å². The number of para-hydroxylation sites is 1. The van der Waals surface area contributed by atoms with E-state index in [1.165, 1.54) is 6.07 Å². The number of benzene rings is 1. The van der Waals surface area contributed by atoms with Crippen molar-refractivity contribution in [2.45, 2.75) is 37.7 Å². The summed E-state index contributed by atoms with van der Waals surface area (Å²) in [5, 5.41) is 0.499. The fourth-order valence-corrected chi connectivity index (χ4v) is 3.48. The van der Waals surface area contributed by atoms with Crippen molar-refractivity contribution < 1.29 is 30.2 Å². The molecule has 1 unspecified atom stereocenters. The number of nitrogens with zero attached hydrogens (tertiary/aromatic N) is 1. The van der Waals surface area contributed by atoms with E-state index in [9.17, 15) is 21.6 Å². The Kier molecular flexibility index (Phi) is 4.72. The molecule has 0 bridgehead atoms. The van der Waals surface area contributed by atoms with E-state index in [0.717, 1.165) is 32.0 Å². The molecule has 0 spiro atoms. The summed E-state index contributed by atoms with van der Waals surface area (Å²) in [6, 6.07) is 6.39. The van der Waals surface area contributed by atoms with Crippen LogP contribution in [0.1, 0.15) is 25.5 Å². The lowest BCUT2D eigenvalue weighted by atomic mass is 10.2. The lowest BCUT2D eigenvalue weighted by Gasteiger charge is -2.19. The van der Waals surface area contributed by atoms with Gasteiger partial charge >= 0.3 is 15.6 Å². The summed E-state index contributed by atoms with van der Waals surface area (Å²) in [5.74, 6) is 0.116. The molecule has 0 saturated carbocycles. The first-order chi connectivity index (χ1) is 11.7. The number of likely N-dealkylation sites (tertiary alicyclic amines) is 1. The van der Waals surface area contributed by atoms with Gasteiger partial charge in [0.25, 0.3) is 0 Å². The molecule has 1 atom stereocenters. The van der Waals surface area contributed by atoms with Gasteiger partial charge in [0.05, 0.1) is 0 Å². The smallest absolute Gasteiger partial charge is 0.457 e. The molecule has 5 nitrogen and oxygen atoms in total. The van der Waals surface area contributed by atoms with E-state index in [4.69, 9.17) is 4.42 Å². The van der Waals surface area contributed by atoms with E-state index in [0.29, 0.717) is 23.6 Å². The highest BCUT2D eigenvalue weighted by Gasteiger charge is 2.48. The average Bonchev–Trinajstić information content (AvgIpc) is 3.10. The maximum absolute atomic E-state index is 12.5. The number of hydrogen-bond acceptors (Lipinski definition) is 5. The van der Waals surface area contributed by atoms with E-state index in [1.54, 1.807) is 12.1 Å². The largest absolute Gasteiger partial charge is 0.534 e. The van der Waals surface area contributed by atoms with Crippen molar-refractivity contribution in [2.24, 2.45) is 0 Å². The predicted octanol–water partition coefficient (Wildman–Crippen LogP) is 3.69. The molecule has 0 amide bonds. The summed E-state index contributed by atoms with van der Waals surface area (Å²) in [6.07, 6.45) is 2.88. The van der Waals surface area contributed by atoms with Crippen molar-refractivity contribution in [2.75, 3.05) is 13.1 Å². The second kappa shape index (κ2) is 6.53. The normalized spacial score (nSPS) is 19.6. The minimum atomic E-state index is -5.73. The summed E-state index contributed by atoms with van der Waals surface area (Å²) in [5.41, 5.74) is -5.49. The third kappa shape index (κ3) is 3.77. The summed E-state index contributed by atoms with van der Waals surface area (Å²) in [7, 11) is -5.73. The fourth-order valence-electron chi connectivity index (χ4n) is 3.02. The molecule has 0 aliphatic carbocycles. The van der Waals surface area contributed by atoms with Gasteiger partial charge in [0.1, 0.15) is 5.76 Å². The van der Waals surface area contributed by atoms with Gasteiger partial charge in [-0.2, -0.15) is 21.6 Å². The number of hydrogen-bond donors (Lipinski definition) is 0. The van der Waals surface area contributed by atoms with E-state index < -0.39 is 21.4 Å². The molecule has 0 N–H and O–H groups in total. The molecular formula is C16H18F3NO4S. The molecule has 1 fully saturated rings. The van der Waals surface area contributed by atoms with Gasteiger partial charge in [-0.25, -0.2) is 0 Å². The van der Waals surface area contributed by atoms with Gasteiger partial charge in [-0.15, -0.1) is 0 Å². The lowest BCUT2D eigenvalue weighted by Crippen LogP contribution is -2.28. The van der Waals surface area contributed by atoms with Crippen molar-refractivity contribution in [3.8, 4) is 5.75 Å². The molecule has 1 aliphatic rings. The van der Waals surface area contributed by atoms with E-state index in [2.05, 4.69) is 16.0 Å². The molecule has 138 valence electrons. The SMILES string of the molecule is CC1CCCN1CCc1cc2cccc(OS(=O)(=O)C(F)(F)F)c2o1. The van der Waals surface area contributed by atoms with Crippen LogP contribution in [0, 0.1) is 0 Å². The van der Waals surface area contributed by atoms with E-state index >= 15 is 0 Å². The number of fused-ring (bicyclic) bond motifs is 1. The second-order valence-electron chi connectivity index (χ2n) is 6.15. The third-order valence-electron chi connectivity index (χ3n) is 4.38. The molecule has 2 heterocycles. The fraction of sp³-hybridized carbons (Fsp3) is 0.500. The Morgan fingerprint density at radius 1 is 1.36 bits per heavy atom. The van der Waals surface area contributed by atoms with Crippen LogP contribution in [-0.2, 0) is 16.5 Å². The van der Waals surface area contributed by atoms with Gasteiger partial charge in [0, 0.05) is 24.4 Å². The molecule has 25 heavy (non-hydrogen) atoms. The maximum atomic E-state index is 12.5.